The Kier molecular flexibility index (Phi) is 3.23. The topological polar surface area (TPSA) is 40.5 Å². The zero-order valence-corrected chi connectivity index (χ0v) is 11.3. The molecule has 98 valence electrons. The van der Waals surface area contributed by atoms with Crippen LogP contribution in [0.1, 0.15) is 59.3 Å². The molecule has 0 radical (unpaired) electrons. The van der Waals surface area contributed by atoms with Crippen molar-refractivity contribution in [2.24, 2.45) is 5.41 Å². The number of carbonyl (C=O) groups is 1. The van der Waals surface area contributed by atoms with Gasteiger partial charge in [-0.2, -0.15) is 0 Å². The Labute approximate surface area is 104 Å². The van der Waals surface area contributed by atoms with E-state index in [2.05, 4.69) is 18.7 Å². The van der Waals surface area contributed by atoms with Crippen LogP contribution in [-0.2, 0) is 4.79 Å². The fourth-order valence-corrected chi connectivity index (χ4v) is 3.76. The molecule has 3 nitrogen and oxygen atoms in total. The largest absolute Gasteiger partial charge is 0.480 e. The van der Waals surface area contributed by atoms with E-state index in [1.165, 1.54) is 12.8 Å². The summed E-state index contributed by atoms with van der Waals surface area (Å²) in [5.41, 5.74) is -0.363. The summed E-state index contributed by atoms with van der Waals surface area (Å²) >= 11 is 0. The second-order valence-corrected chi connectivity index (χ2v) is 6.63. The number of aliphatic carboxylic acids is 1. The van der Waals surface area contributed by atoms with Crippen LogP contribution in [-0.4, -0.2) is 34.1 Å². The van der Waals surface area contributed by atoms with Crippen LogP contribution in [0.2, 0.25) is 0 Å². The number of hydrogen-bond acceptors (Lipinski definition) is 2. The van der Waals surface area contributed by atoms with Gasteiger partial charge in [-0.1, -0.05) is 20.3 Å². The summed E-state index contributed by atoms with van der Waals surface area (Å²) in [6.07, 6.45) is 6.63. The summed E-state index contributed by atoms with van der Waals surface area (Å²) in [6.45, 7) is 7.46. The number of piperidine rings is 1. The molecule has 17 heavy (non-hydrogen) atoms. The highest BCUT2D eigenvalue weighted by Gasteiger charge is 2.49. The van der Waals surface area contributed by atoms with Gasteiger partial charge in [-0.15, -0.1) is 0 Å². The van der Waals surface area contributed by atoms with Gasteiger partial charge in [0.1, 0.15) is 5.54 Å². The molecule has 1 saturated carbocycles. The first-order valence-corrected chi connectivity index (χ1v) is 6.88. The second-order valence-electron chi connectivity index (χ2n) is 6.63. The van der Waals surface area contributed by atoms with Crippen LogP contribution in [0.25, 0.3) is 0 Å². The van der Waals surface area contributed by atoms with Crippen LogP contribution in [0.4, 0.5) is 0 Å². The minimum absolute atomic E-state index is 0.272. The van der Waals surface area contributed by atoms with Crippen LogP contribution in [0.15, 0.2) is 0 Å². The van der Waals surface area contributed by atoms with Gasteiger partial charge in [0.25, 0.3) is 0 Å². The average molecular weight is 239 g/mol. The van der Waals surface area contributed by atoms with Gasteiger partial charge >= 0.3 is 5.97 Å². The van der Waals surface area contributed by atoms with Gasteiger partial charge < -0.3 is 5.11 Å². The summed E-state index contributed by atoms with van der Waals surface area (Å²) in [4.78, 5) is 13.9. The molecular formula is C14H25NO2. The SMILES string of the molecule is CC1(C)CCCC1N1CCCCC1(C)C(=O)O. The molecular weight excluding hydrogens is 214 g/mol. The normalized spacial score (nSPS) is 38.2. The van der Waals surface area contributed by atoms with Gasteiger partial charge in [0.05, 0.1) is 0 Å². The summed E-state index contributed by atoms with van der Waals surface area (Å²) in [5, 5.41) is 9.56. The van der Waals surface area contributed by atoms with Crippen molar-refractivity contribution in [3.8, 4) is 0 Å². The molecule has 2 unspecified atom stereocenters. The highest BCUT2D eigenvalue weighted by Crippen LogP contribution is 2.45. The monoisotopic (exact) mass is 239 g/mol. The minimum Gasteiger partial charge on any atom is -0.480 e. The molecule has 0 aromatic heterocycles. The molecule has 1 aliphatic heterocycles. The van der Waals surface area contributed by atoms with E-state index in [0.717, 1.165) is 32.2 Å². The van der Waals surface area contributed by atoms with Crippen LogP contribution < -0.4 is 0 Å². The number of rotatable bonds is 2. The lowest BCUT2D eigenvalue weighted by atomic mass is 9.80. The maximum Gasteiger partial charge on any atom is 0.323 e. The van der Waals surface area contributed by atoms with Crippen molar-refractivity contribution in [2.75, 3.05) is 6.54 Å². The summed E-state index contributed by atoms with van der Waals surface area (Å²) in [5.74, 6) is -0.639. The quantitative estimate of drug-likeness (QED) is 0.805. The van der Waals surface area contributed by atoms with E-state index in [1.807, 2.05) is 6.92 Å². The van der Waals surface area contributed by atoms with E-state index in [4.69, 9.17) is 0 Å². The van der Waals surface area contributed by atoms with Crippen molar-refractivity contribution in [1.82, 2.24) is 4.90 Å². The summed E-state index contributed by atoms with van der Waals surface area (Å²) < 4.78 is 0. The van der Waals surface area contributed by atoms with Crippen molar-refractivity contribution < 1.29 is 9.90 Å². The van der Waals surface area contributed by atoms with Crippen molar-refractivity contribution in [3.63, 3.8) is 0 Å². The molecule has 2 aliphatic rings. The predicted octanol–water partition coefficient (Wildman–Crippen LogP) is 2.89. The van der Waals surface area contributed by atoms with Gasteiger partial charge in [0, 0.05) is 6.04 Å². The molecule has 1 aliphatic carbocycles. The highest BCUT2D eigenvalue weighted by atomic mass is 16.4. The maximum absolute atomic E-state index is 11.6. The lowest BCUT2D eigenvalue weighted by Gasteiger charge is -2.49. The smallest absolute Gasteiger partial charge is 0.323 e. The van der Waals surface area contributed by atoms with Crippen LogP contribution >= 0.6 is 0 Å². The lowest BCUT2D eigenvalue weighted by Crippen LogP contribution is -2.60. The summed E-state index contributed by atoms with van der Waals surface area (Å²) in [6, 6.07) is 0.448. The molecule has 3 heteroatoms. The van der Waals surface area contributed by atoms with Crippen LogP contribution in [0.3, 0.4) is 0 Å². The van der Waals surface area contributed by atoms with Gasteiger partial charge in [-0.25, -0.2) is 0 Å². The predicted molar refractivity (Wildman–Crippen MR) is 68.0 cm³/mol. The first kappa shape index (κ1) is 12.9. The molecule has 1 N–H and O–H groups in total. The number of likely N-dealkylation sites (tertiary alicyclic amines) is 1. The van der Waals surface area contributed by atoms with Gasteiger partial charge in [-0.05, 0) is 51.0 Å². The van der Waals surface area contributed by atoms with Crippen molar-refractivity contribution >= 4 is 5.97 Å². The third kappa shape index (κ3) is 2.10. The molecule has 0 aromatic carbocycles. The molecule has 1 saturated heterocycles. The van der Waals surface area contributed by atoms with Crippen molar-refractivity contribution in [3.05, 3.63) is 0 Å². The van der Waals surface area contributed by atoms with Crippen LogP contribution in [0, 0.1) is 5.41 Å². The van der Waals surface area contributed by atoms with Gasteiger partial charge in [-0.3, -0.25) is 9.69 Å². The number of nitrogens with zero attached hydrogens (tertiary/aromatic N) is 1. The van der Waals surface area contributed by atoms with E-state index >= 15 is 0 Å². The molecule has 0 bridgehead atoms. The molecule has 0 spiro atoms. The Balaban J connectivity index is 2.25. The first-order valence-electron chi connectivity index (χ1n) is 6.88. The third-order valence-electron chi connectivity index (χ3n) is 4.98. The highest BCUT2D eigenvalue weighted by molar-refractivity contribution is 5.78. The number of hydrogen-bond donors (Lipinski definition) is 1. The zero-order valence-electron chi connectivity index (χ0n) is 11.3. The third-order valence-corrected chi connectivity index (χ3v) is 4.98. The Morgan fingerprint density at radius 2 is 1.88 bits per heavy atom. The fraction of sp³-hybridized carbons (Fsp3) is 0.929. The standard InChI is InChI=1S/C14H25NO2/c1-13(2)8-6-7-11(13)15-10-5-4-9-14(15,3)12(16)17/h11H,4-10H2,1-3H3,(H,16,17). The minimum atomic E-state index is -0.639. The van der Waals surface area contributed by atoms with E-state index < -0.39 is 11.5 Å². The number of carboxylic acids is 1. The molecule has 0 amide bonds. The van der Waals surface area contributed by atoms with Gasteiger partial charge in [0.2, 0.25) is 0 Å². The summed E-state index contributed by atoms with van der Waals surface area (Å²) in [7, 11) is 0. The Morgan fingerprint density at radius 1 is 1.18 bits per heavy atom. The van der Waals surface area contributed by atoms with Crippen molar-refractivity contribution in [2.45, 2.75) is 70.9 Å². The Morgan fingerprint density at radius 3 is 2.41 bits per heavy atom. The van der Waals surface area contributed by atoms with E-state index in [-0.39, 0.29) is 5.41 Å². The maximum atomic E-state index is 11.6. The zero-order chi connectivity index (χ0) is 12.7. The second kappa shape index (κ2) is 4.27. The average Bonchev–Trinajstić information content (AvgIpc) is 2.58. The molecule has 1 heterocycles. The molecule has 2 fully saturated rings. The van der Waals surface area contributed by atoms with Gasteiger partial charge in [0.15, 0.2) is 0 Å². The first-order chi connectivity index (χ1) is 7.88. The number of carboxylic acid groups (broad SMARTS) is 1. The van der Waals surface area contributed by atoms with Crippen molar-refractivity contribution in [1.29, 1.82) is 0 Å². The lowest BCUT2D eigenvalue weighted by molar-refractivity contribution is -0.157. The molecule has 2 atom stereocenters. The van der Waals surface area contributed by atoms with E-state index in [0.29, 0.717) is 6.04 Å². The molecule has 2 rings (SSSR count). The van der Waals surface area contributed by atoms with Crippen LogP contribution in [0.5, 0.6) is 0 Å². The van der Waals surface area contributed by atoms with E-state index in [1.54, 1.807) is 0 Å². The Bertz CT molecular complexity index is 313. The van der Waals surface area contributed by atoms with E-state index in [9.17, 15) is 9.90 Å². The fourth-order valence-electron chi connectivity index (χ4n) is 3.76. The Hall–Kier alpha value is -0.570. The molecule has 0 aromatic rings.